The highest BCUT2D eigenvalue weighted by Crippen LogP contribution is 2.30. The molecule has 7 nitrogen and oxygen atoms in total. The SMILES string of the molecule is C=CCn1cc(-c2cccc(C(=O)N(C)C)c2)c2ccn(S(=O)(=O)c3ccc(C)cc3)c2c1=O. The van der Waals surface area contributed by atoms with Crippen molar-refractivity contribution < 1.29 is 13.2 Å². The number of nitrogens with zero attached hydrogens (tertiary/aromatic N) is 3. The van der Waals surface area contributed by atoms with E-state index in [4.69, 9.17) is 0 Å². The Morgan fingerprint density at radius 3 is 2.44 bits per heavy atom. The Kier molecular flexibility index (Phi) is 6.01. The Morgan fingerprint density at radius 1 is 1.09 bits per heavy atom. The number of allylic oxidation sites excluding steroid dienone is 1. The minimum Gasteiger partial charge on any atom is -0.345 e. The molecule has 4 aromatic rings. The monoisotopic (exact) mass is 475 g/mol. The zero-order valence-corrected chi connectivity index (χ0v) is 20.0. The van der Waals surface area contributed by atoms with Crippen molar-refractivity contribution in [3.63, 3.8) is 0 Å². The van der Waals surface area contributed by atoms with Gasteiger partial charge in [-0.05, 0) is 42.8 Å². The first kappa shape index (κ1) is 23.3. The number of hydrogen-bond acceptors (Lipinski definition) is 4. The van der Waals surface area contributed by atoms with Crippen LogP contribution in [-0.4, -0.2) is 41.9 Å². The van der Waals surface area contributed by atoms with Crippen LogP contribution in [0.2, 0.25) is 0 Å². The Bertz CT molecular complexity index is 1580. The average molecular weight is 476 g/mol. The number of rotatable bonds is 6. The molecule has 4 rings (SSSR count). The molecule has 0 aliphatic heterocycles. The van der Waals surface area contributed by atoms with Crippen LogP contribution in [0.3, 0.4) is 0 Å². The second-order valence-electron chi connectivity index (χ2n) is 8.26. The molecule has 2 aromatic heterocycles. The summed E-state index contributed by atoms with van der Waals surface area (Å²) in [6.07, 6.45) is 4.65. The molecule has 0 N–H and O–H groups in total. The van der Waals surface area contributed by atoms with Crippen LogP contribution >= 0.6 is 0 Å². The summed E-state index contributed by atoms with van der Waals surface area (Å²) >= 11 is 0. The summed E-state index contributed by atoms with van der Waals surface area (Å²) in [5, 5.41) is 0.482. The van der Waals surface area contributed by atoms with Gasteiger partial charge in [0.1, 0.15) is 5.52 Å². The zero-order valence-electron chi connectivity index (χ0n) is 19.2. The fourth-order valence-corrected chi connectivity index (χ4v) is 5.21. The van der Waals surface area contributed by atoms with E-state index in [1.54, 1.807) is 62.8 Å². The number of amides is 1. The van der Waals surface area contributed by atoms with Gasteiger partial charge in [0, 0.05) is 49.5 Å². The summed E-state index contributed by atoms with van der Waals surface area (Å²) in [5.41, 5.74) is 2.36. The zero-order chi connectivity index (χ0) is 24.6. The number of fused-ring (bicyclic) bond motifs is 1. The third-order valence-corrected chi connectivity index (χ3v) is 7.31. The molecule has 174 valence electrons. The van der Waals surface area contributed by atoms with Gasteiger partial charge in [-0.15, -0.1) is 6.58 Å². The average Bonchev–Trinajstić information content (AvgIpc) is 3.27. The Labute approximate surface area is 198 Å². The number of carbonyl (C=O) groups is 1. The molecule has 0 aliphatic rings. The van der Waals surface area contributed by atoms with Crippen molar-refractivity contribution in [1.29, 1.82) is 0 Å². The van der Waals surface area contributed by atoms with Crippen LogP contribution < -0.4 is 5.56 Å². The highest BCUT2D eigenvalue weighted by molar-refractivity contribution is 7.90. The van der Waals surface area contributed by atoms with Crippen LogP contribution in [-0.2, 0) is 16.6 Å². The molecular formula is C26H25N3O4S. The van der Waals surface area contributed by atoms with Crippen LogP contribution in [0.1, 0.15) is 15.9 Å². The van der Waals surface area contributed by atoms with Crippen molar-refractivity contribution in [3.8, 4) is 11.1 Å². The fraction of sp³-hybridized carbons (Fsp3) is 0.154. The van der Waals surface area contributed by atoms with Crippen LogP contribution in [0.4, 0.5) is 0 Å². The van der Waals surface area contributed by atoms with Crippen LogP contribution in [0, 0.1) is 6.92 Å². The minimum absolute atomic E-state index is 0.0456. The summed E-state index contributed by atoms with van der Waals surface area (Å²) in [6, 6.07) is 15.2. The molecule has 0 bridgehead atoms. The molecule has 0 saturated heterocycles. The van der Waals surface area contributed by atoms with Crippen molar-refractivity contribution >= 4 is 26.8 Å². The number of carbonyl (C=O) groups excluding carboxylic acids is 1. The van der Waals surface area contributed by atoms with Crippen LogP contribution in [0.15, 0.2) is 89.3 Å². The van der Waals surface area contributed by atoms with Gasteiger partial charge in [0.15, 0.2) is 0 Å². The maximum atomic E-state index is 13.5. The van der Waals surface area contributed by atoms with E-state index in [0.29, 0.717) is 22.1 Å². The maximum Gasteiger partial charge on any atom is 0.276 e. The second kappa shape index (κ2) is 8.79. The summed E-state index contributed by atoms with van der Waals surface area (Å²) in [5.74, 6) is -0.156. The molecule has 0 unspecified atom stereocenters. The summed E-state index contributed by atoms with van der Waals surface area (Å²) in [4.78, 5) is 27.4. The predicted octanol–water partition coefficient (Wildman–Crippen LogP) is 3.90. The first-order valence-corrected chi connectivity index (χ1v) is 12.1. The van der Waals surface area contributed by atoms with Crippen LogP contribution in [0.25, 0.3) is 22.0 Å². The number of hydrogen-bond donors (Lipinski definition) is 0. The van der Waals surface area contributed by atoms with Gasteiger partial charge in [-0.2, -0.15) is 0 Å². The predicted molar refractivity (Wildman–Crippen MR) is 134 cm³/mol. The quantitative estimate of drug-likeness (QED) is 0.396. The van der Waals surface area contributed by atoms with E-state index < -0.39 is 15.6 Å². The summed E-state index contributed by atoms with van der Waals surface area (Å²) in [6.45, 7) is 5.79. The van der Waals surface area contributed by atoms with Gasteiger partial charge >= 0.3 is 0 Å². The molecule has 2 heterocycles. The first-order chi connectivity index (χ1) is 16.1. The highest BCUT2D eigenvalue weighted by Gasteiger charge is 2.23. The van der Waals surface area contributed by atoms with E-state index in [1.807, 2.05) is 13.0 Å². The topological polar surface area (TPSA) is 81.4 Å². The molecule has 0 radical (unpaired) electrons. The van der Waals surface area contributed by atoms with Gasteiger partial charge in [-0.25, -0.2) is 12.4 Å². The molecule has 34 heavy (non-hydrogen) atoms. The largest absolute Gasteiger partial charge is 0.345 e. The van der Waals surface area contributed by atoms with E-state index in [9.17, 15) is 18.0 Å². The van der Waals surface area contributed by atoms with E-state index in [-0.39, 0.29) is 22.9 Å². The maximum absolute atomic E-state index is 13.5. The van der Waals surface area contributed by atoms with Gasteiger partial charge in [0.2, 0.25) is 0 Å². The van der Waals surface area contributed by atoms with Crippen molar-refractivity contribution in [2.24, 2.45) is 0 Å². The molecule has 0 fully saturated rings. The van der Waals surface area contributed by atoms with Crippen molar-refractivity contribution in [2.45, 2.75) is 18.4 Å². The van der Waals surface area contributed by atoms with Gasteiger partial charge in [-0.1, -0.05) is 35.9 Å². The summed E-state index contributed by atoms with van der Waals surface area (Å²) < 4.78 is 29.4. The lowest BCUT2D eigenvalue weighted by atomic mass is 10.0. The fourth-order valence-electron chi connectivity index (χ4n) is 3.87. The smallest absolute Gasteiger partial charge is 0.276 e. The molecule has 0 aliphatic carbocycles. The Balaban J connectivity index is 2.00. The van der Waals surface area contributed by atoms with Crippen molar-refractivity contribution in [2.75, 3.05) is 14.1 Å². The molecule has 8 heteroatoms. The molecule has 2 aromatic carbocycles. The lowest BCUT2D eigenvalue weighted by Crippen LogP contribution is -2.24. The van der Waals surface area contributed by atoms with E-state index in [1.165, 1.54) is 27.8 Å². The summed E-state index contributed by atoms with van der Waals surface area (Å²) in [7, 11) is -0.660. The van der Waals surface area contributed by atoms with E-state index in [2.05, 4.69) is 6.58 Å². The Hall–Kier alpha value is -3.91. The van der Waals surface area contributed by atoms with Crippen molar-refractivity contribution in [1.82, 2.24) is 13.4 Å². The standard InChI is InChI=1S/C26H25N3O4S/c1-5-14-28-17-23(19-7-6-8-20(16-19)25(30)27(3)4)22-13-15-29(24(22)26(28)31)34(32,33)21-11-9-18(2)10-12-21/h5-13,15-17H,1,14H2,2-4H3. The lowest BCUT2D eigenvalue weighted by molar-refractivity contribution is 0.0827. The van der Waals surface area contributed by atoms with Crippen LogP contribution in [0.5, 0.6) is 0 Å². The number of benzene rings is 2. The van der Waals surface area contributed by atoms with Gasteiger partial charge in [0.25, 0.3) is 21.5 Å². The molecule has 0 atom stereocenters. The van der Waals surface area contributed by atoms with Gasteiger partial charge < -0.3 is 9.47 Å². The second-order valence-corrected chi connectivity index (χ2v) is 10.1. The normalized spacial score (nSPS) is 11.5. The van der Waals surface area contributed by atoms with E-state index in [0.717, 1.165) is 9.54 Å². The molecular weight excluding hydrogens is 450 g/mol. The number of aromatic nitrogens is 2. The number of aryl methyl sites for hydroxylation is 1. The van der Waals surface area contributed by atoms with Crippen molar-refractivity contribution in [3.05, 3.63) is 101 Å². The number of pyridine rings is 1. The lowest BCUT2D eigenvalue weighted by Gasteiger charge is -2.14. The van der Waals surface area contributed by atoms with Gasteiger partial charge in [0.05, 0.1) is 4.90 Å². The first-order valence-electron chi connectivity index (χ1n) is 10.6. The third kappa shape index (κ3) is 3.97. The third-order valence-electron chi connectivity index (χ3n) is 5.62. The Morgan fingerprint density at radius 2 is 1.79 bits per heavy atom. The highest BCUT2D eigenvalue weighted by atomic mass is 32.2. The molecule has 0 saturated carbocycles. The molecule has 1 amide bonds. The minimum atomic E-state index is -4.01. The van der Waals surface area contributed by atoms with Gasteiger partial charge in [-0.3, -0.25) is 9.59 Å². The molecule has 0 spiro atoms. The van der Waals surface area contributed by atoms with E-state index >= 15 is 0 Å².